The minimum atomic E-state index is -0.103. The van der Waals surface area contributed by atoms with Gasteiger partial charge in [0, 0.05) is 12.1 Å². The molecule has 104 valence electrons. The molecule has 5 nitrogen and oxygen atoms in total. The third-order valence-corrected chi connectivity index (χ3v) is 3.34. The zero-order valence-electron chi connectivity index (χ0n) is 10.8. The number of hydrogen-bond acceptors (Lipinski definition) is 4. The molecule has 0 bridgehead atoms. The number of rotatable bonds is 5. The van der Waals surface area contributed by atoms with Crippen LogP contribution >= 0.6 is 15.9 Å². The van der Waals surface area contributed by atoms with E-state index in [-0.39, 0.29) is 5.91 Å². The molecule has 0 saturated carbocycles. The smallest absolute Gasteiger partial charge is 0.251 e. The summed E-state index contributed by atoms with van der Waals surface area (Å²) >= 11 is 3.40. The van der Waals surface area contributed by atoms with Crippen LogP contribution in [0, 0.1) is 0 Å². The molecular weight excluding hydrogens is 312 g/mol. The second-order valence-electron chi connectivity index (χ2n) is 4.20. The minimum Gasteiger partial charge on any atom is -0.486 e. The summed E-state index contributed by atoms with van der Waals surface area (Å²) < 4.78 is 11.7. The Hall–Kier alpha value is -1.27. The predicted octanol–water partition coefficient (Wildman–Crippen LogP) is 1.56. The average molecular weight is 329 g/mol. The highest BCUT2D eigenvalue weighted by Gasteiger charge is 2.18. The summed E-state index contributed by atoms with van der Waals surface area (Å²) in [6, 6.07) is 3.47. The highest BCUT2D eigenvalue weighted by atomic mass is 79.9. The molecule has 0 radical (unpaired) electrons. The van der Waals surface area contributed by atoms with E-state index in [0.29, 0.717) is 36.8 Å². The van der Waals surface area contributed by atoms with E-state index < -0.39 is 0 Å². The average Bonchev–Trinajstić information content (AvgIpc) is 2.43. The number of carbonyl (C=O) groups excluding carboxylic acids is 1. The Morgan fingerprint density at radius 3 is 2.89 bits per heavy atom. The van der Waals surface area contributed by atoms with Crippen LogP contribution in [-0.4, -0.2) is 39.3 Å². The van der Waals surface area contributed by atoms with Crippen LogP contribution in [0.3, 0.4) is 0 Å². The lowest BCUT2D eigenvalue weighted by molar-refractivity contribution is 0.0952. The van der Waals surface area contributed by atoms with Crippen LogP contribution in [-0.2, 0) is 0 Å². The van der Waals surface area contributed by atoms with Crippen molar-refractivity contribution in [2.75, 3.05) is 33.4 Å². The maximum absolute atomic E-state index is 12.0. The van der Waals surface area contributed by atoms with E-state index in [0.717, 1.165) is 17.4 Å². The van der Waals surface area contributed by atoms with Crippen LogP contribution in [0.25, 0.3) is 0 Å². The number of benzene rings is 1. The van der Waals surface area contributed by atoms with Crippen molar-refractivity contribution in [3.8, 4) is 11.5 Å². The topological polar surface area (TPSA) is 59.6 Å². The van der Waals surface area contributed by atoms with E-state index in [9.17, 15) is 4.79 Å². The van der Waals surface area contributed by atoms with Gasteiger partial charge < -0.3 is 20.1 Å². The van der Waals surface area contributed by atoms with Crippen LogP contribution in [0.15, 0.2) is 16.6 Å². The number of amides is 1. The predicted molar refractivity (Wildman–Crippen MR) is 76.0 cm³/mol. The fourth-order valence-corrected chi connectivity index (χ4v) is 2.37. The van der Waals surface area contributed by atoms with Gasteiger partial charge in [0.2, 0.25) is 0 Å². The summed E-state index contributed by atoms with van der Waals surface area (Å²) in [6.45, 7) is 2.56. The molecule has 0 fully saturated rings. The molecular formula is C13H17BrN2O3. The lowest BCUT2D eigenvalue weighted by Crippen LogP contribution is -2.27. The van der Waals surface area contributed by atoms with Gasteiger partial charge in [0.05, 0.1) is 4.47 Å². The summed E-state index contributed by atoms with van der Waals surface area (Å²) in [6.07, 6.45) is 0.897. The fourth-order valence-electron chi connectivity index (χ4n) is 1.81. The number of nitrogens with one attached hydrogen (secondary N) is 2. The Balaban J connectivity index is 2.04. The Morgan fingerprint density at radius 1 is 1.32 bits per heavy atom. The van der Waals surface area contributed by atoms with Gasteiger partial charge in [-0.1, -0.05) is 0 Å². The van der Waals surface area contributed by atoms with Gasteiger partial charge in [0.15, 0.2) is 11.5 Å². The van der Waals surface area contributed by atoms with Gasteiger partial charge in [-0.2, -0.15) is 0 Å². The van der Waals surface area contributed by atoms with Gasteiger partial charge in [0.1, 0.15) is 13.2 Å². The van der Waals surface area contributed by atoms with Crippen LogP contribution in [0.5, 0.6) is 11.5 Å². The third-order valence-electron chi connectivity index (χ3n) is 2.75. The first-order valence-corrected chi connectivity index (χ1v) is 7.03. The maximum atomic E-state index is 12.0. The molecule has 1 aromatic rings. The van der Waals surface area contributed by atoms with E-state index >= 15 is 0 Å². The normalized spacial score (nSPS) is 13.2. The van der Waals surface area contributed by atoms with Gasteiger partial charge in [-0.25, -0.2) is 0 Å². The van der Waals surface area contributed by atoms with E-state index in [1.807, 2.05) is 7.05 Å². The summed E-state index contributed by atoms with van der Waals surface area (Å²) in [4.78, 5) is 12.0. The van der Waals surface area contributed by atoms with Crippen molar-refractivity contribution in [2.45, 2.75) is 6.42 Å². The summed E-state index contributed by atoms with van der Waals surface area (Å²) in [5.74, 6) is 1.17. The number of ether oxygens (including phenoxy) is 2. The zero-order chi connectivity index (χ0) is 13.7. The van der Waals surface area contributed by atoms with Crippen molar-refractivity contribution in [3.63, 3.8) is 0 Å². The van der Waals surface area contributed by atoms with Crippen LogP contribution in [0.2, 0.25) is 0 Å². The lowest BCUT2D eigenvalue weighted by atomic mass is 10.2. The van der Waals surface area contributed by atoms with Crippen LogP contribution in [0.4, 0.5) is 0 Å². The minimum absolute atomic E-state index is 0.103. The quantitative estimate of drug-likeness (QED) is 0.805. The van der Waals surface area contributed by atoms with E-state index in [2.05, 4.69) is 26.6 Å². The highest BCUT2D eigenvalue weighted by Crippen LogP contribution is 2.38. The summed E-state index contributed by atoms with van der Waals surface area (Å²) in [5, 5.41) is 5.91. The highest BCUT2D eigenvalue weighted by molar-refractivity contribution is 9.10. The van der Waals surface area contributed by atoms with Crippen molar-refractivity contribution in [2.24, 2.45) is 0 Å². The standard InChI is InChI=1S/C13H17BrN2O3/c1-15-3-2-4-16-13(17)9-7-10(14)12-11(8-9)18-5-6-19-12/h7-8,15H,2-6H2,1H3,(H,16,17). The first-order chi connectivity index (χ1) is 9.22. The number of halogens is 1. The SMILES string of the molecule is CNCCCNC(=O)c1cc(Br)c2c(c1)OCCO2. The molecule has 1 aromatic carbocycles. The number of carbonyl (C=O) groups is 1. The second kappa shape index (κ2) is 6.77. The van der Waals surface area contributed by atoms with Crippen LogP contribution in [0.1, 0.15) is 16.8 Å². The molecule has 2 rings (SSSR count). The van der Waals surface area contributed by atoms with Gasteiger partial charge in [0.25, 0.3) is 5.91 Å². The molecule has 1 aliphatic rings. The van der Waals surface area contributed by atoms with Crippen molar-refractivity contribution >= 4 is 21.8 Å². The maximum Gasteiger partial charge on any atom is 0.251 e. The van der Waals surface area contributed by atoms with Crippen molar-refractivity contribution in [1.82, 2.24) is 10.6 Å². The summed E-state index contributed by atoms with van der Waals surface area (Å²) in [5.41, 5.74) is 0.570. The molecule has 2 N–H and O–H groups in total. The Bertz CT molecular complexity index is 465. The van der Waals surface area contributed by atoms with E-state index in [4.69, 9.17) is 9.47 Å². The largest absolute Gasteiger partial charge is 0.486 e. The van der Waals surface area contributed by atoms with Crippen molar-refractivity contribution in [1.29, 1.82) is 0 Å². The second-order valence-corrected chi connectivity index (χ2v) is 5.05. The Morgan fingerprint density at radius 2 is 2.11 bits per heavy atom. The zero-order valence-corrected chi connectivity index (χ0v) is 12.4. The molecule has 6 heteroatoms. The Labute approximate surface area is 120 Å². The van der Waals surface area contributed by atoms with Gasteiger partial charge in [-0.15, -0.1) is 0 Å². The van der Waals surface area contributed by atoms with E-state index in [1.165, 1.54) is 0 Å². The number of hydrogen-bond donors (Lipinski definition) is 2. The molecule has 0 aromatic heterocycles. The number of fused-ring (bicyclic) bond motifs is 1. The first-order valence-electron chi connectivity index (χ1n) is 6.24. The van der Waals surface area contributed by atoms with Gasteiger partial charge in [-0.3, -0.25) is 4.79 Å². The lowest BCUT2D eigenvalue weighted by Gasteiger charge is -2.20. The third kappa shape index (κ3) is 3.61. The molecule has 0 spiro atoms. The fraction of sp³-hybridized carbons (Fsp3) is 0.462. The van der Waals surface area contributed by atoms with Crippen molar-refractivity contribution < 1.29 is 14.3 Å². The van der Waals surface area contributed by atoms with Gasteiger partial charge >= 0.3 is 0 Å². The first kappa shape index (κ1) is 14.1. The molecule has 0 saturated heterocycles. The Kier molecular flexibility index (Phi) is 5.04. The van der Waals surface area contributed by atoms with Crippen LogP contribution < -0.4 is 20.1 Å². The molecule has 0 atom stereocenters. The van der Waals surface area contributed by atoms with E-state index in [1.54, 1.807) is 12.1 Å². The molecule has 1 amide bonds. The molecule has 1 heterocycles. The molecule has 19 heavy (non-hydrogen) atoms. The van der Waals surface area contributed by atoms with Gasteiger partial charge in [-0.05, 0) is 48.1 Å². The molecule has 0 unspecified atom stereocenters. The molecule has 1 aliphatic heterocycles. The molecule has 0 aliphatic carbocycles. The van der Waals surface area contributed by atoms with Crippen molar-refractivity contribution in [3.05, 3.63) is 22.2 Å². The summed E-state index contributed by atoms with van der Waals surface area (Å²) in [7, 11) is 1.89. The monoisotopic (exact) mass is 328 g/mol.